The number of unbranched alkanes of at least 4 members (excludes halogenated alkanes) is 5. The molecule has 0 radical (unpaired) electrons. The summed E-state index contributed by atoms with van der Waals surface area (Å²) in [5, 5.41) is 11.2. The van der Waals surface area contributed by atoms with Crippen LogP contribution < -0.4 is 10.3 Å². The molecular weight excluding hydrogens is 540 g/mol. The number of nitrogens with zero attached hydrogens (tertiary/aromatic N) is 2. The predicted octanol–water partition coefficient (Wildman–Crippen LogP) is 6.60. The van der Waals surface area contributed by atoms with Crippen LogP contribution in [-0.2, 0) is 16.7 Å². The van der Waals surface area contributed by atoms with Crippen LogP contribution in [0.4, 0.5) is 5.69 Å². The van der Waals surface area contributed by atoms with Crippen molar-refractivity contribution in [1.82, 2.24) is 0 Å². The zero-order valence-corrected chi connectivity index (χ0v) is 25.9. The molecule has 1 aromatic heterocycles. The molecule has 41 heavy (non-hydrogen) atoms. The van der Waals surface area contributed by atoms with Crippen LogP contribution in [0.3, 0.4) is 0 Å². The minimum atomic E-state index is -4.02. The van der Waals surface area contributed by atoms with Crippen LogP contribution in [0.25, 0.3) is 22.3 Å². The van der Waals surface area contributed by atoms with E-state index in [1.54, 1.807) is 12.1 Å². The molecule has 9 heteroatoms. The molecule has 0 aliphatic carbocycles. The first-order valence-electron chi connectivity index (χ1n) is 14.9. The number of hydrogen-bond donors (Lipinski definition) is 2. The molecule has 0 spiro atoms. The highest BCUT2D eigenvalue weighted by atomic mass is 32.2. The van der Waals surface area contributed by atoms with E-state index < -0.39 is 21.3 Å². The van der Waals surface area contributed by atoms with Crippen molar-refractivity contribution in [1.29, 1.82) is 0 Å². The molecule has 1 heterocycles. The van der Waals surface area contributed by atoms with E-state index >= 15 is 0 Å². The van der Waals surface area contributed by atoms with E-state index in [1.165, 1.54) is 25.7 Å². The molecule has 3 aromatic rings. The van der Waals surface area contributed by atoms with E-state index in [0.29, 0.717) is 40.5 Å². The number of fused-ring (bicyclic) bond motifs is 1. The lowest BCUT2D eigenvalue weighted by molar-refractivity contribution is -0.922. The topological polar surface area (TPSA) is 108 Å². The molecule has 0 fully saturated rings. The number of benzene rings is 2. The number of hydrogen-bond acceptors (Lipinski definition) is 6. The van der Waals surface area contributed by atoms with Crippen molar-refractivity contribution in [2.45, 2.75) is 72.3 Å². The predicted molar refractivity (Wildman–Crippen MR) is 167 cm³/mol. The van der Waals surface area contributed by atoms with Crippen molar-refractivity contribution < 1.29 is 27.0 Å². The van der Waals surface area contributed by atoms with E-state index in [1.807, 2.05) is 30.3 Å². The van der Waals surface area contributed by atoms with Crippen molar-refractivity contribution in [2.75, 3.05) is 43.9 Å². The van der Waals surface area contributed by atoms with Crippen LogP contribution in [0.15, 0.2) is 51.7 Å². The maximum Gasteiger partial charge on any atom is 0.265 e. The monoisotopic (exact) mass is 587 g/mol. The maximum atomic E-state index is 13.3. The van der Waals surface area contributed by atoms with E-state index in [4.69, 9.17) is 4.42 Å². The second kappa shape index (κ2) is 14.8. The average molecular weight is 588 g/mol. The summed E-state index contributed by atoms with van der Waals surface area (Å²) in [4.78, 5) is 15.5. The maximum absolute atomic E-state index is 13.3. The van der Waals surface area contributed by atoms with Crippen molar-refractivity contribution >= 4 is 26.8 Å². The largest absolute Gasteiger partial charge is 0.502 e. The summed E-state index contributed by atoms with van der Waals surface area (Å²) in [5.74, 6) is -0.538. The Bertz CT molecular complexity index is 1430. The van der Waals surface area contributed by atoms with Gasteiger partial charge in [0.25, 0.3) is 10.1 Å². The molecule has 226 valence electrons. The van der Waals surface area contributed by atoms with Gasteiger partial charge in [0.2, 0.25) is 11.2 Å². The zero-order valence-electron chi connectivity index (χ0n) is 25.1. The molecular formula is C32H47N2O6S+. The Morgan fingerprint density at radius 2 is 1.51 bits per heavy atom. The van der Waals surface area contributed by atoms with Gasteiger partial charge in [-0.2, -0.15) is 8.42 Å². The van der Waals surface area contributed by atoms with Crippen LogP contribution in [0.1, 0.15) is 71.3 Å². The first kappa shape index (κ1) is 32.6. The van der Waals surface area contributed by atoms with Crippen LogP contribution in [0.2, 0.25) is 0 Å². The fourth-order valence-electron chi connectivity index (χ4n) is 5.55. The second-order valence-corrected chi connectivity index (χ2v) is 12.9. The Balaban J connectivity index is 1.84. The highest BCUT2D eigenvalue weighted by molar-refractivity contribution is 7.85. The summed E-state index contributed by atoms with van der Waals surface area (Å²) in [5.41, 5.74) is 2.51. The molecule has 0 saturated heterocycles. The normalized spacial score (nSPS) is 13.4. The van der Waals surface area contributed by atoms with Gasteiger partial charge in [-0.05, 0) is 69.2 Å². The van der Waals surface area contributed by atoms with Gasteiger partial charge in [0.15, 0.2) is 5.76 Å². The van der Waals surface area contributed by atoms with E-state index in [0.717, 1.165) is 43.7 Å². The van der Waals surface area contributed by atoms with Crippen LogP contribution in [0.5, 0.6) is 5.75 Å². The Kier molecular flexibility index (Phi) is 11.8. The van der Waals surface area contributed by atoms with Gasteiger partial charge in [0.05, 0.1) is 31.3 Å². The number of aromatic hydroxyl groups is 1. The molecule has 8 nitrogen and oxygen atoms in total. The summed E-state index contributed by atoms with van der Waals surface area (Å²) in [7, 11) is -1.94. The van der Waals surface area contributed by atoms with Gasteiger partial charge >= 0.3 is 0 Å². The molecule has 2 aromatic carbocycles. The highest BCUT2D eigenvalue weighted by Gasteiger charge is 2.24. The van der Waals surface area contributed by atoms with Crippen molar-refractivity contribution in [3.63, 3.8) is 0 Å². The van der Waals surface area contributed by atoms with Crippen molar-refractivity contribution in [2.24, 2.45) is 0 Å². The first-order valence-corrected chi connectivity index (χ1v) is 16.5. The third kappa shape index (κ3) is 9.31. The molecule has 2 N–H and O–H groups in total. The van der Waals surface area contributed by atoms with Gasteiger partial charge in [-0.15, -0.1) is 0 Å². The van der Waals surface area contributed by atoms with Crippen LogP contribution >= 0.6 is 0 Å². The lowest BCUT2D eigenvalue weighted by Crippen LogP contribution is -2.45. The summed E-state index contributed by atoms with van der Waals surface area (Å²) in [6, 6.07) is 13.1. The average Bonchev–Trinajstić information content (AvgIpc) is 2.93. The number of quaternary nitrogens is 1. The molecule has 3 rings (SSSR count). The van der Waals surface area contributed by atoms with Gasteiger partial charge in [-0.3, -0.25) is 9.35 Å². The van der Waals surface area contributed by atoms with E-state index in [-0.39, 0.29) is 11.5 Å². The Hall–Kier alpha value is -2.88. The highest BCUT2D eigenvalue weighted by Crippen LogP contribution is 2.32. The Morgan fingerprint density at radius 1 is 0.878 bits per heavy atom. The van der Waals surface area contributed by atoms with Gasteiger partial charge in [0, 0.05) is 36.3 Å². The molecule has 0 bridgehead atoms. The van der Waals surface area contributed by atoms with Crippen molar-refractivity contribution in [3.05, 3.63) is 58.3 Å². The quantitative estimate of drug-likeness (QED) is 0.104. The SMILES string of the molecule is CCCCCCCC[N+](C)(CCCS(=O)(=O)O)Cc1ccc2oc(-c3ccc(N(CC)CC)cc3)c(O)c(=O)c2c1. The minimum absolute atomic E-state index is 0.148. The lowest BCUT2D eigenvalue weighted by Gasteiger charge is -2.35. The zero-order chi connectivity index (χ0) is 30.0. The Labute approximate surface area is 244 Å². The van der Waals surface area contributed by atoms with Crippen LogP contribution in [0, 0.1) is 0 Å². The third-order valence-corrected chi connectivity index (χ3v) is 8.71. The first-order chi connectivity index (χ1) is 19.5. The fraction of sp³-hybridized carbons (Fsp3) is 0.531. The standard InChI is InChI=1S/C32H46N2O6S/c1-5-8-9-10-11-12-20-34(4,21-13-22-41(37,38)39)24-25-14-19-29-28(23-25)30(35)31(36)32(40-29)26-15-17-27(18-16-26)33(6-2)7-3/h14-19,23H,5-13,20-22,24H2,1-4H3,(H-,36,37,38,39)/p+1. The van der Waals surface area contributed by atoms with Gasteiger partial charge in [-0.1, -0.05) is 32.6 Å². The molecule has 0 aliphatic rings. The lowest BCUT2D eigenvalue weighted by atomic mass is 10.1. The summed E-state index contributed by atoms with van der Waals surface area (Å²) < 4.78 is 38.5. The van der Waals surface area contributed by atoms with Crippen LogP contribution in [-0.4, -0.2) is 61.5 Å². The van der Waals surface area contributed by atoms with Crippen molar-refractivity contribution in [3.8, 4) is 17.1 Å². The summed E-state index contributed by atoms with van der Waals surface area (Å²) in [6.45, 7) is 10.2. The smallest absolute Gasteiger partial charge is 0.265 e. The molecule has 1 unspecified atom stereocenters. The molecule has 0 amide bonds. The summed E-state index contributed by atoms with van der Waals surface area (Å²) >= 11 is 0. The third-order valence-electron chi connectivity index (χ3n) is 7.90. The second-order valence-electron chi connectivity index (χ2n) is 11.3. The minimum Gasteiger partial charge on any atom is -0.502 e. The molecule has 0 saturated carbocycles. The number of anilines is 1. The molecule has 1 atom stereocenters. The fourth-order valence-corrected chi connectivity index (χ4v) is 6.05. The van der Waals surface area contributed by atoms with E-state index in [9.17, 15) is 22.9 Å². The van der Waals surface area contributed by atoms with E-state index in [2.05, 4.69) is 32.7 Å². The van der Waals surface area contributed by atoms with Gasteiger partial charge in [0.1, 0.15) is 12.1 Å². The Morgan fingerprint density at radius 3 is 2.15 bits per heavy atom. The number of rotatable bonds is 17. The summed E-state index contributed by atoms with van der Waals surface area (Å²) in [6.07, 6.45) is 7.29. The molecule has 0 aliphatic heterocycles. The van der Waals surface area contributed by atoms with Gasteiger partial charge < -0.3 is 18.9 Å². The van der Waals surface area contributed by atoms with Gasteiger partial charge in [-0.25, -0.2) is 0 Å².